The van der Waals surface area contributed by atoms with Gasteiger partial charge in [0.15, 0.2) is 5.13 Å². The van der Waals surface area contributed by atoms with Crippen LogP contribution in [0.5, 0.6) is 5.88 Å². The Hall–Kier alpha value is -0.810. The molecule has 0 aromatic carbocycles. The highest BCUT2D eigenvalue weighted by Crippen LogP contribution is 2.30. The number of anilines is 1. The molecule has 14 heavy (non-hydrogen) atoms. The molecule has 5 heteroatoms. The Morgan fingerprint density at radius 3 is 2.71 bits per heavy atom. The van der Waals surface area contributed by atoms with Crippen molar-refractivity contribution >= 4 is 16.5 Å². The molecule has 2 heterocycles. The number of aryl methyl sites for hydroxylation is 1. The first-order valence-electron chi connectivity index (χ1n) is 4.65. The largest absolute Gasteiger partial charge is 0.480 e. The van der Waals surface area contributed by atoms with E-state index in [1.807, 2.05) is 6.92 Å². The molecule has 0 spiro atoms. The van der Waals surface area contributed by atoms with Crippen molar-refractivity contribution in [2.24, 2.45) is 0 Å². The molecule has 0 radical (unpaired) electrons. The SMILES string of the molecule is COc1nc(N2CCOCC2)sc1C. The zero-order chi connectivity index (χ0) is 9.97. The lowest BCUT2D eigenvalue weighted by molar-refractivity contribution is 0.122. The van der Waals surface area contributed by atoms with Crippen molar-refractivity contribution in [1.82, 2.24) is 4.98 Å². The van der Waals surface area contributed by atoms with Crippen molar-refractivity contribution in [3.05, 3.63) is 4.88 Å². The van der Waals surface area contributed by atoms with Crippen molar-refractivity contribution in [3.8, 4) is 5.88 Å². The quantitative estimate of drug-likeness (QED) is 0.743. The lowest BCUT2D eigenvalue weighted by atomic mass is 10.5. The number of aromatic nitrogens is 1. The van der Waals surface area contributed by atoms with Crippen LogP contribution in [-0.4, -0.2) is 38.4 Å². The fourth-order valence-electron chi connectivity index (χ4n) is 1.45. The first kappa shape index (κ1) is 9.73. The molecule has 1 aliphatic heterocycles. The lowest BCUT2D eigenvalue weighted by Gasteiger charge is -2.25. The van der Waals surface area contributed by atoms with Crippen LogP contribution in [0.4, 0.5) is 5.13 Å². The first-order chi connectivity index (χ1) is 6.81. The summed E-state index contributed by atoms with van der Waals surface area (Å²) >= 11 is 1.68. The van der Waals surface area contributed by atoms with Crippen LogP contribution in [0, 0.1) is 6.92 Å². The van der Waals surface area contributed by atoms with Gasteiger partial charge in [0.25, 0.3) is 0 Å². The average molecular weight is 214 g/mol. The minimum atomic E-state index is 0.747. The molecule has 78 valence electrons. The number of hydrogen-bond acceptors (Lipinski definition) is 5. The Labute approximate surface area is 87.5 Å². The maximum Gasteiger partial charge on any atom is 0.229 e. The highest BCUT2D eigenvalue weighted by atomic mass is 32.1. The number of ether oxygens (including phenoxy) is 2. The van der Waals surface area contributed by atoms with Crippen LogP contribution in [0.15, 0.2) is 0 Å². The van der Waals surface area contributed by atoms with Crippen LogP contribution < -0.4 is 9.64 Å². The average Bonchev–Trinajstić information content (AvgIpc) is 2.61. The number of thiazole rings is 1. The molecular formula is C9H14N2O2S. The molecule has 0 unspecified atom stereocenters. The second-order valence-electron chi connectivity index (χ2n) is 3.16. The smallest absolute Gasteiger partial charge is 0.229 e. The summed E-state index contributed by atoms with van der Waals surface area (Å²) in [5.74, 6) is 0.747. The van der Waals surface area contributed by atoms with Crippen molar-refractivity contribution in [2.45, 2.75) is 6.92 Å². The third-order valence-corrected chi connectivity index (χ3v) is 3.23. The van der Waals surface area contributed by atoms with E-state index in [1.165, 1.54) is 0 Å². The number of methoxy groups -OCH3 is 1. The van der Waals surface area contributed by atoms with Gasteiger partial charge in [-0.3, -0.25) is 0 Å². The van der Waals surface area contributed by atoms with E-state index in [0.29, 0.717) is 0 Å². The standard InChI is InChI=1S/C9H14N2O2S/c1-7-8(12-2)10-9(14-7)11-3-5-13-6-4-11/h3-6H2,1-2H3. The van der Waals surface area contributed by atoms with E-state index in [2.05, 4.69) is 9.88 Å². The molecule has 0 aliphatic carbocycles. The number of rotatable bonds is 2. The summed E-state index contributed by atoms with van der Waals surface area (Å²) < 4.78 is 10.4. The monoisotopic (exact) mass is 214 g/mol. The predicted molar refractivity (Wildman–Crippen MR) is 56.4 cm³/mol. The van der Waals surface area contributed by atoms with Gasteiger partial charge in [0.1, 0.15) is 0 Å². The van der Waals surface area contributed by atoms with Gasteiger partial charge in [-0.25, -0.2) is 0 Å². The van der Waals surface area contributed by atoms with Gasteiger partial charge >= 0.3 is 0 Å². The zero-order valence-corrected chi connectivity index (χ0v) is 9.26. The normalized spacial score (nSPS) is 17.1. The summed E-state index contributed by atoms with van der Waals surface area (Å²) in [6.45, 7) is 5.47. The van der Waals surface area contributed by atoms with E-state index < -0.39 is 0 Å². The van der Waals surface area contributed by atoms with Crippen molar-refractivity contribution in [3.63, 3.8) is 0 Å². The minimum absolute atomic E-state index is 0.747. The Morgan fingerprint density at radius 2 is 2.14 bits per heavy atom. The van der Waals surface area contributed by atoms with Crippen LogP contribution in [0.2, 0.25) is 0 Å². The summed E-state index contributed by atoms with van der Waals surface area (Å²) in [6, 6.07) is 0. The summed E-state index contributed by atoms with van der Waals surface area (Å²) in [6.07, 6.45) is 0. The van der Waals surface area contributed by atoms with Gasteiger partial charge < -0.3 is 14.4 Å². The number of nitrogens with zero attached hydrogens (tertiary/aromatic N) is 2. The van der Waals surface area contributed by atoms with E-state index in [9.17, 15) is 0 Å². The molecule has 0 amide bonds. The van der Waals surface area contributed by atoms with E-state index >= 15 is 0 Å². The van der Waals surface area contributed by atoms with E-state index in [1.54, 1.807) is 18.4 Å². The molecule has 1 saturated heterocycles. The third-order valence-electron chi connectivity index (χ3n) is 2.22. The van der Waals surface area contributed by atoms with E-state index in [-0.39, 0.29) is 0 Å². The fourth-order valence-corrected chi connectivity index (χ4v) is 2.38. The molecule has 1 aliphatic rings. The minimum Gasteiger partial charge on any atom is -0.480 e. The second kappa shape index (κ2) is 4.14. The van der Waals surface area contributed by atoms with Crippen molar-refractivity contribution in [1.29, 1.82) is 0 Å². The molecule has 0 N–H and O–H groups in total. The van der Waals surface area contributed by atoms with Crippen LogP contribution in [0.25, 0.3) is 0 Å². The highest BCUT2D eigenvalue weighted by Gasteiger charge is 2.16. The molecule has 1 aromatic heterocycles. The number of hydrogen-bond donors (Lipinski definition) is 0. The van der Waals surface area contributed by atoms with Gasteiger partial charge in [-0.1, -0.05) is 11.3 Å². The Morgan fingerprint density at radius 1 is 1.43 bits per heavy atom. The van der Waals surface area contributed by atoms with Crippen LogP contribution in [0.3, 0.4) is 0 Å². The van der Waals surface area contributed by atoms with Crippen LogP contribution in [0.1, 0.15) is 4.88 Å². The van der Waals surface area contributed by atoms with E-state index in [0.717, 1.165) is 42.2 Å². The molecule has 1 aromatic rings. The molecular weight excluding hydrogens is 200 g/mol. The summed E-state index contributed by atoms with van der Waals surface area (Å²) in [5.41, 5.74) is 0. The Balaban J connectivity index is 2.14. The summed E-state index contributed by atoms with van der Waals surface area (Å²) in [7, 11) is 1.66. The zero-order valence-electron chi connectivity index (χ0n) is 8.45. The topological polar surface area (TPSA) is 34.6 Å². The maximum absolute atomic E-state index is 5.29. The van der Waals surface area contributed by atoms with Gasteiger partial charge in [0.2, 0.25) is 5.88 Å². The van der Waals surface area contributed by atoms with Gasteiger partial charge in [-0.05, 0) is 6.92 Å². The first-order valence-corrected chi connectivity index (χ1v) is 5.47. The van der Waals surface area contributed by atoms with Gasteiger partial charge in [-0.15, -0.1) is 0 Å². The number of morpholine rings is 1. The summed E-state index contributed by atoms with van der Waals surface area (Å²) in [5, 5.41) is 1.04. The molecule has 0 bridgehead atoms. The molecule has 2 rings (SSSR count). The third kappa shape index (κ3) is 1.83. The second-order valence-corrected chi connectivity index (χ2v) is 4.34. The maximum atomic E-state index is 5.29. The van der Waals surface area contributed by atoms with Crippen molar-refractivity contribution < 1.29 is 9.47 Å². The molecule has 1 fully saturated rings. The molecule has 0 saturated carbocycles. The van der Waals surface area contributed by atoms with Crippen molar-refractivity contribution in [2.75, 3.05) is 38.3 Å². The molecule has 4 nitrogen and oxygen atoms in total. The highest BCUT2D eigenvalue weighted by molar-refractivity contribution is 7.15. The molecule has 0 atom stereocenters. The van der Waals surface area contributed by atoms with Gasteiger partial charge in [0.05, 0.1) is 25.2 Å². The lowest BCUT2D eigenvalue weighted by Crippen LogP contribution is -2.36. The Bertz CT molecular complexity index is 308. The Kier molecular flexibility index (Phi) is 2.88. The fraction of sp³-hybridized carbons (Fsp3) is 0.667. The van der Waals surface area contributed by atoms with Gasteiger partial charge in [-0.2, -0.15) is 4.98 Å². The summed E-state index contributed by atoms with van der Waals surface area (Å²) in [4.78, 5) is 7.79. The van der Waals surface area contributed by atoms with Gasteiger partial charge in [0, 0.05) is 13.1 Å². The van der Waals surface area contributed by atoms with Crippen LogP contribution in [-0.2, 0) is 4.74 Å². The predicted octanol–water partition coefficient (Wildman–Crippen LogP) is 1.30. The van der Waals surface area contributed by atoms with Crippen LogP contribution >= 0.6 is 11.3 Å². The van der Waals surface area contributed by atoms with E-state index in [4.69, 9.17) is 9.47 Å².